The van der Waals surface area contributed by atoms with E-state index in [4.69, 9.17) is 4.74 Å². The molecule has 1 aliphatic rings. The zero-order chi connectivity index (χ0) is 21.8. The number of hydrogen-bond donors (Lipinski definition) is 1. The van der Waals surface area contributed by atoms with Crippen molar-refractivity contribution in [3.63, 3.8) is 0 Å². The number of imide groups is 1. The molecule has 0 unspecified atom stereocenters. The van der Waals surface area contributed by atoms with Crippen molar-refractivity contribution < 1.29 is 24.4 Å². The number of carbonyl (C=O) groups excluding carboxylic acids is 2. The molecule has 0 atom stereocenters. The van der Waals surface area contributed by atoms with Crippen molar-refractivity contribution in [2.75, 3.05) is 31.7 Å². The van der Waals surface area contributed by atoms with Gasteiger partial charge in [0.25, 0.3) is 17.5 Å². The Morgan fingerprint density at radius 2 is 1.70 bits per heavy atom. The fourth-order valence-corrected chi connectivity index (χ4v) is 3.24. The SMILES string of the molecule is CCOc1ccc(N2C(=O)C(c3ccc([N+](=O)[O-])cc3)=C(N(C)CCO)C2=O)cc1. The van der Waals surface area contributed by atoms with Crippen LogP contribution >= 0.6 is 0 Å². The molecule has 0 radical (unpaired) electrons. The van der Waals surface area contributed by atoms with Crippen LogP contribution in [-0.4, -0.2) is 53.6 Å². The van der Waals surface area contributed by atoms with Gasteiger partial charge in [-0.05, 0) is 48.9 Å². The molecule has 156 valence electrons. The molecule has 1 aliphatic heterocycles. The van der Waals surface area contributed by atoms with Crippen molar-refractivity contribution in [1.29, 1.82) is 0 Å². The summed E-state index contributed by atoms with van der Waals surface area (Å²) >= 11 is 0. The second-order valence-corrected chi connectivity index (χ2v) is 6.55. The first-order valence-electron chi connectivity index (χ1n) is 9.31. The Bertz CT molecular complexity index is 998. The minimum Gasteiger partial charge on any atom is -0.494 e. The number of hydrogen-bond acceptors (Lipinski definition) is 7. The molecule has 0 spiro atoms. The number of aliphatic hydroxyl groups excluding tert-OH is 1. The highest BCUT2D eigenvalue weighted by Gasteiger charge is 2.41. The van der Waals surface area contributed by atoms with E-state index in [-0.39, 0.29) is 30.1 Å². The normalized spacial score (nSPS) is 13.8. The number of likely N-dealkylation sites (N-methyl/N-ethyl adjacent to an activating group) is 1. The van der Waals surface area contributed by atoms with Crippen LogP contribution in [-0.2, 0) is 9.59 Å². The monoisotopic (exact) mass is 411 g/mol. The van der Waals surface area contributed by atoms with E-state index in [0.717, 1.165) is 4.90 Å². The van der Waals surface area contributed by atoms with Gasteiger partial charge in [0, 0.05) is 25.7 Å². The van der Waals surface area contributed by atoms with Crippen LogP contribution in [0.2, 0.25) is 0 Å². The van der Waals surface area contributed by atoms with Crippen LogP contribution in [0.3, 0.4) is 0 Å². The van der Waals surface area contributed by atoms with E-state index in [0.29, 0.717) is 23.6 Å². The highest BCUT2D eigenvalue weighted by Crippen LogP contribution is 2.35. The van der Waals surface area contributed by atoms with Crippen molar-refractivity contribution >= 4 is 28.8 Å². The summed E-state index contributed by atoms with van der Waals surface area (Å²) in [4.78, 5) is 39.4. The second kappa shape index (κ2) is 8.75. The van der Waals surface area contributed by atoms with Gasteiger partial charge in [0.1, 0.15) is 11.4 Å². The number of nitro groups is 1. The molecular formula is C21H21N3O6. The lowest BCUT2D eigenvalue weighted by Gasteiger charge is -2.20. The predicted octanol–water partition coefficient (Wildman–Crippen LogP) is 2.20. The molecule has 1 N–H and O–H groups in total. The van der Waals surface area contributed by atoms with Crippen LogP contribution in [0.25, 0.3) is 5.57 Å². The lowest BCUT2D eigenvalue weighted by Crippen LogP contribution is -2.34. The molecule has 0 bridgehead atoms. The smallest absolute Gasteiger partial charge is 0.282 e. The quantitative estimate of drug-likeness (QED) is 0.402. The molecule has 0 saturated heterocycles. The van der Waals surface area contributed by atoms with Crippen LogP contribution in [0.5, 0.6) is 5.75 Å². The maximum Gasteiger partial charge on any atom is 0.282 e. The van der Waals surface area contributed by atoms with Crippen molar-refractivity contribution in [3.8, 4) is 5.75 Å². The maximum atomic E-state index is 13.3. The average Bonchev–Trinajstić information content (AvgIpc) is 2.99. The first-order valence-corrected chi connectivity index (χ1v) is 9.31. The van der Waals surface area contributed by atoms with Crippen molar-refractivity contribution in [3.05, 3.63) is 69.9 Å². The van der Waals surface area contributed by atoms with Gasteiger partial charge >= 0.3 is 0 Å². The first-order chi connectivity index (χ1) is 14.4. The van der Waals surface area contributed by atoms with Gasteiger partial charge in [-0.2, -0.15) is 0 Å². The number of amides is 2. The van der Waals surface area contributed by atoms with Crippen molar-refractivity contribution in [2.24, 2.45) is 0 Å². The Balaban J connectivity index is 2.05. The summed E-state index contributed by atoms with van der Waals surface area (Å²) in [5.74, 6) is -0.465. The van der Waals surface area contributed by atoms with Gasteiger partial charge in [-0.1, -0.05) is 0 Å². The summed E-state index contributed by atoms with van der Waals surface area (Å²) in [5.41, 5.74) is 0.883. The Morgan fingerprint density at radius 3 is 2.23 bits per heavy atom. The summed E-state index contributed by atoms with van der Waals surface area (Å²) in [5, 5.41) is 20.2. The first kappa shape index (κ1) is 21.0. The van der Waals surface area contributed by atoms with Gasteiger partial charge < -0.3 is 14.7 Å². The molecule has 2 amide bonds. The van der Waals surface area contributed by atoms with E-state index >= 15 is 0 Å². The molecule has 9 nitrogen and oxygen atoms in total. The third kappa shape index (κ3) is 3.87. The molecule has 2 aromatic carbocycles. The highest BCUT2D eigenvalue weighted by atomic mass is 16.6. The number of nitrogens with zero attached hydrogens (tertiary/aromatic N) is 3. The zero-order valence-electron chi connectivity index (χ0n) is 16.6. The lowest BCUT2D eigenvalue weighted by atomic mass is 10.0. The Hall–Kier alpha value is -3.72. The predicted molar refractivity (Wildman–Crippen MR) is 110 cm³/mol. The number of anilines is 1. The molecular weight excluding hydrogens is 390 g/mol. The summed E-state index contributed by atoms with van der Waals surface area (Å²) in [6.07, 6.45) is 0. The fourth-order valence-electron chi connectivity index (χ4n) is 3.24. The van der Waals surface area contributed by atoms with E-state index in [9.17, 15) is 24.8 Å². The number of non-ortho nitro benzene ring substituents is 1. The third-order valence-electron chi connectivity index (χ3n) is 4.65. The zero-order valence-corrected chi connectivity index (χ0v) is 16.6. The van der Waals surface area contributed by atoms with Crippen LogP contribution in [0.4, 0.5) is 11.4 Å². The van der Waals surface area contributed by atoms with Gasteiger partial charge in [-0.25, -0.2) is 4.90 Å². The van der Waals surface area contributed by atoms with E-state index in [1.165, 1.54) is 29.2 Å². The summed E-state index contributed by atoms with van der Waals surface area (Å²) in [6, 6.07) is 12.0. The number of rotatable bonds is 8. The van der Waals surface area contributed by atoms with Gasteiger partial charge in [0.05, 0.1) is 29.4 Å². The van der Waals surface area contributed by atoms with E-state index in [1.807, 2.05) is 6.92 Å². The number of nitro benzene ring substituents is 1. The van der Waals surface area contributed by atoms with Crippen LogP contribution in [0, 0.1) is 10.1 Å². The van der Waals surface area contributed by atoms with E-state index < -0.39 is 16.7 Å². The average molecular weight is 411 g/mol. The largest absolute Gasteiger partial charge is 0.494 e. The van der Waals surface area contributed by atoms with E-state index in [2.05, 4.69) is 0 Å². The van der Waals surface area contributed by atoms with Crippen LogP contribution < -0.4 is 9.64 Å². The van der Waals surface area contributed by atoms with Gasteiger partial charge in [0.2, 0.25) is 0 Å². The number of carbonyl (C=O) groups is 2. The molecule has 2 aromatic rings. The van der Waals surface area contributed by atoms with Gasteiger partial charge in [-0.15, -0.1) is 0 Å². The Labute approximate surface area is 172 Å². The Kier molecular flexibility index (Phi) is 6.12. The van der Waals surface area contributed by atoms with Crippen molar-refractivity contribution in [2.45, 2.75) is 6.92 Å². The fraction of sp³-hybridized carbons (Fsp3) is 0.238. The Morgan fingerprint density at radius 1 is 1.07 bits per heavy atom. The summed E-state index contributed by atoms with van der Waals surface area (Å²) in [6.45, 7) is 2.27. The van der Waals surface area contributed by atoms with Crippen molar-refractivity contribution in [1.82, 2.24) is 4.90 Å². The minimum absolute atomic E-state index is 0.121. The van der Waals surface area contributed by atoms with E-state index in [1.54, 1.807) is 31.3 Å². The van der Waals surface area contributed by atoms with Gasteiger partial charge in [0.15, 0.2) is 0 Å². The van der Waals surface area contributed by atoms with Crippen LogP contribution in [0.15, 0.2) is 54.2 Å². The molecule has 0 aliphatic carbocycles. The summed E-state index contributed by atoms with van der Waals surface area (Å²) in [7, 11) is 1.60. The molecule has 0 fully saturated rings. The molecule has 9 heteroatoms. The molecule has 3 rings (SSSR count). The third-order valence-corrected chi connectivity index (χ3v) is 4.65. The minimum atomic E-state index is -0.544. The highest BCUT2D eigenvalue weighted by molar-refractivity contribution is 6.45. The lowest BCUT2D eigenvalue weighted by molar-refractivity contribution is -0.384. The molecule has 30 heavy (non-hydrogen) atoms. The maximum absolute atomic E-state index is 13.3. The molecule has 1 heterocycles. The standard InChI is InChI=1S/C21H21N3O6/c1-3-30-17-10-8-15(9-11-17)23-20(26)18(19(21(23)27)22(2)12-13-25)14-4-6-16(7-5-14)24(28)29/h4-11,25H,3,12-13H2,1-2H3. The molecule has 0 aromatic heterocycles. The number of benzene rings is 2. The van der Waals surface area contributed by atoms with Gasteiger partial charge in [-0.3, -0.25) is 19.7 Å². The summed E-state index contributed by atoms with van der Waals surface area (Å²) < 4.78 is 5.40. The second-order valence-electron chi connectivity index (χ2n) is 6.55. The number of aliphatic hydroxyl groups is 1. The number of ether oxygens (including phenoxy) is 1. The topological polar surface area (TPSA) is 113 Å². The molecule has 0 saturated carbocycles. The van der Waals surface area contributed by atoms with Crippen LogP contribution in [0.1, 0.15) is 12.5 Å².